The third-order valence-electron chi connectivity index (χ3n) is 3.77. The zero-order valence-corrected chi connectivity index (χ0v) is 12.1. The second-order valence-corrected chi connectivity index (χ2v) is 5.30. The Balaban J connectivity index is 1.76. The maximum Gasteiger partial charge on any atom is 0.416 e. The lowest BCUT2D eigenvalue weighted by molar-refractivity contribution is -0.137. The number of likely N-dealkylation sites (N-methyl/N-ethyl adjacent to an activating group) is 1. The van der Waals surface area contributed by atoms with Crippen molar-refractivity contribution in [3.8, 4) is 5.75 Å². The van der Waals surface area contributed by atoms with Gasteiger partial charge in [-0.1, -0.05) is 0 Å². The summed E-state index contributed by atoms with van der Waals surface area (Å²) in [6, 6.07) is 5.36. The molecule has 0 spiro atoms. The van der Waals surface area contributed by atoms with Crippen molar-refractivity contribution in [3.05, 3.63) is 29.8 Å². The molecule has 1 saturated heterocycles. The van der Waals surface area contributed by atoms with Crippen LogP contribution in [0.25, 0.3) is 0 Å². The summed E-state index contributed by atoms with van der Waals surface area (Å²) in [5, 5.41) is 3.27. The van der Waals surface area contributed by atoms with E-state index in [0.29, 0.717) is 18.4 Å². The first-order chi connectivity index (χ1) is 9.99. The highest BCUT2D eigenvalue weighted by Gasteiger charge is 2.30. The lowest BCUT2D eigenvalue weighted by atomic mass is 10.1. The number of hydrogen-bond donors (Lipinski definition) is 1. The van der Waals surface area contributed by atoms with Gasteiger partial charge < -0.3 is 10.1 Å². The highest BCUT2D eigenvalue weighted by molar-refractivity contribution is 5.28. The van der Waals surface area contributed by atoms with Gasteiger partial charge in [-0.3, -0.25) is 4.90 Å². The van der Waals surface area contributed by atoms with Crippen molar-refractivity contribution in [1.82, 2.24) is 10.2 Å². The molecule has 1 unspecified atom stereocenters. The first-order valence-corrected chi connectivity index (χ1v) is 7.18. The van der Waals surface area contributed by atoms with Crippen molar-refractivity contribution in [1.29, 1.82) is 0 Å². The van der Waals surface area contributed by atoms with Crippen LogP contribution in [0.1, 0.15) is 18.4 Å². The summed E-state index contributed by atoms with van der Waals surface area (Å²) in [6.07, 6.45) is -1.95. The zero-order valence-electron chi connectivity index (χ0n) is 12.1. The van der Waals surface area contributed by atoms with Crippen LogP contribution in [0, 0.1) is 0 Å². The van der Waals surface area contributed by atoms with E-state index in [0.717, 1.165) is 38.2 Å². The Morgan fingerprint density at radius 1 is 1.29 bits per heavy atom. The highest BCUT2D eigenvalue weighted by Crippen LogP contribution is 2.30. The minimum atomic E-state index is -4.30. The lowest BCUT2D eigenvalue weighted by Crippen LogP contribution is -2.45. The van der Waals surface area contributed by atoms with Crippen LogP contribution in [0.4, 0.5) is 13.2 Å². The summed E-state index contributed by atoms with van der Waals surface area (Å²) < 4.78 is 42.8. The normalized spacial score (nSPS) is 20.5. The van der Waals surface area contributed by atoms with Gasteiger partial charge in [-0.25, -0.2) is 0 Å². The van der Waals surface area contributed by atoms with E-state index in [1.165, 1.54) is 18.6 Å². The molecule has 0 radical (unpaired) electrons. The molecular formula is C15H21F3N2O. The number of nitrogens with zero attached hydrogens (tertiary/aromatic N) is 1. The van der Waals surface area contributed by atoms with Gasteiger partial charge in [0.25, 0.3) is 0 Å². The summed E-state index contributed by atoms with van der Waals surface area (Å²) in [5.74, 6) is 0.477. The molecule has 1 aromatic carbocycles. The quantitative estimate of drug-likeness (QED) is 0.905. The average molecular weight is 302 g/mol. The van der Waals surface area contributed by atoms with Gasteiger partial charge in [0.2, 0.25) is 0 Å². The zero-order chi connectivity index (χ0) is 15.3. The number of halogens is 3. The third-order valence-corrected chi connectivity index (χ3v) is 3.77. The molecule has 21 heavy (non-hydrogen) atoms. The molecule has 1 atom stereocenters. The van der Waals surface area contributed by atoms with Crippen LogP contribution in [-0.4, -0.2) is 44.2 Å². The number of nitrogens with one attached hydrogen (secondary N) is 1. The van der Waals surface area contributed by atoms with E-state index >= 15 is 0 Å². The Morgan fingerprint density at radius 3 is 2.62 bits per heavy atom. The highest BCUT2D eigenvalue weighted by atomic mass is 19.4. The second kappa shape index (κ2) is 7.13. The van der Waals surface area contributed by atoms with E-state index in [4.69, 9.17) is 4.74 Å². The van der Waals surface area contributed by atoms with E-state index in [1.54, 1.807) is 0 Å². The Kier molecular flexibility index (Phi) is 5.47. The monoisotopic (exact) mass is 302 g/mol. The minimum Gasteiger partial charge on any atom is -0.492 e. The molecule has 118 valence electrons. The van der Waals surface area contributed by atoms with Crippen LogP contribution in [0.3, 0.4) is 0 Å². The van der Waals surface area contributed by atoms with Crippen molar-refractivity contribution in [2.45, 2.75) is 25.1 Å². The van der Waals surface area contributed by atoms with E-state index < -0.39 is 11.7 Å². The molecule has 1 aliphatic heterocycles. The number of benzene rings is 1. The number of hydrogen-bond acceptors (Lipinski definition) is 3. The molecule has 1 fully saturated rings. The van der Waals surface area contributed by atoms with Gasteiger partial charge in [0.1, 0.15) is 12.4 Å². The van der Waals surface area contributed by atoms with Crippen molar-refractivity contribution < 1.29 is 17.9 Å². The molecule has 0 bridgehead atoms. The predicted octanol–water partition coefficient (Wildman–Crippen LogP) is 2.77. The van der Waals surface area contributed by atoms with Gasteiger partial charge in [0, 0.05) is 19.1 Å². The predicted molar refractivity (Wildman–Crippen MR) is 75.5 cm³/mol. The molecule has 1 aromatic rings. The summed E-state index contributed by atoms with van der Waals surface area (Å²) in [7, 11) is 1.97. The lowest BCUT2D eigenvalue weighted by Gasteiger charge is -2.32. The molecule has 0 amide bonds. The summed E-state index contributed by atoms with van der Waals surface area (Å²) >= 11 is 0. The summed E-state index contributed by atoms with van der Waals surface area (Å²) in [5.41, 5.74) is -0.650. The van der Waals surface area contributed by atoms with Gasteiger partial charge >= 0.3 is 6.18 Å². The van der Waals surface area contributed by atoms with E-state index in [1.807, 2.05) is 7.05 Å². The molecular weight excluding hydrogens is 281 g/mol. The number of alkyl halides is 3. The second-order valence-electron chi connectivity index (χ2n) is 5.30. The standard InChI is InChI=1S/C15H21F3N2O/c1-19-13-3-2-8-20(11-13)9-10-21-14-6-4-12(5-7-14)15(16,17)18/h4-7,13,19H,2-3,8-11H2,1H3. The molecule has 1 aliphatic rings. The molecule has 3 nitrogen and oxygen atoms in total. The van der Waals surface area contributed by atoms with Crippen molar-refractivity contribution in [3.63, 3.8) is 0 Å². The fourth-order valence-electron chi connectivity index (χ4n) is 2.53. The average Bonchev–Trinajstić information content (AvgIpc) is 2.47. The molecule has 0 aliphatic carbocycles. The molecule has 1 N–H and O–H groups in total. The van der Waals surface area contributed by atoms with E-state index in [9.17, 15) is 13.2 Å². The molecule has 0 aromatic heterocycles. The Labute approximate surface area is 123 Å². The van der Waals surface area contributed by atoms with Gasteiger partial charge in [0.15, 0.2) is 0 Å². The van der Waals surface area contributed by atoms with Crippen molar-refractivity contribution >= 4 is 0 Å². The first-order valence-electron chi connectivity index (χ1n) is 7.18. The van der Waals surface area contributed by atoms with Gasteiger partial charge in [-0.05, 0) is 50.7 Å². The van der Waals surface area contributed by atoms with Crippen LogP contribution in [0.15, 0.2) is 24.3 Å². The fourth-order valence-corrected chi connectivity index (χ4v) is 2.53. The van der Waals surface area contributed by atoms with Gasteiger partial charge in [-0.15, -0.1) is 0 Å². The van der Waals surface area contributed by atoms with Crippen LogP contribution in [-0.2, 0) is 6.18 Å². The number of rotatable bonds is 5. The summed E-state index contributed by atoms with van der Waals surface area (Å²) in [4.78, 5) is 2.31. The smallest absolute Gasteiger partial charge is 0.416 e. The summed E-state index contributed by atoms with van der Waals surface area (Å²) in [6.45, 7) is 3.32. The van der Waals surface area contributed by atoms with Crippen LogP contribution in [0.5, 0.6) is 5.75 Å². The van der Waals surface area contributed by atoms with Gasteiger partial charge in [-0.2, -0.15) is 13.2 Å². The maximum absolute atomic E-state index is 12.4. The van der Waals surface area contributed by atoms with Gasteiger partial charge in [0.05, 0.1) is 5.56 Å². The SMILES string of the molecule is CNC1CCCN(CCOc2ccc(C(F)(F)F)cc2)C1. The maximum atomic E-state index is 12.4. The van der Waals surface area contributed by atoms with Crippen molar-refractivity contribution in [2.24, 2.45) is 0 Å². The Morgan fingerprint density at radius 2 is 2.00 bits per heavy atom. The topological polar surface area (TPSA) is 24.5 Å². The van der Waals surface area contributed by atoms with E-state index in [2.05, 4.69) is 10.2 Å². The molecule has 1 heterocycles. The molecule has 6 heteroatoms. The number of piperidine rings is 1. The number of likely N-dealkylation sites (tertiary alicyclic amines) is 1. The number of ether oxygens (including phenoxy) is 1. The van der Waals surface area contributed by atoms with Crippen molar-refractivity contribution in [2.75, 3.05) is 33.3 Å². The molecule has 0 saturated carbocycles. The van der Waals surface area contributed by atoms with Crippen LogP contribution < -0.4 is 10.1 Å². The third kappa shape index (κ3) is 4.89. The Bertz CT molecular complexity index is 434. The van der Waals surface area contributed by atoms with Crippen LogP contribution in [0.2, 0.25) is 0 Å². The van der Waals surface area contributed by atoms with Crippen LogP contribution >= 0.6 is 0 Å². The fraction of sp³-hybridized carbons (Fsp3) is 0.600. The largest absolute Gasteiger partial charge is 0.492 e. The Hall–Kier alpha value is -1.27. The molecule has 2 rings (SSSR count). The van der Waals surface area contributed by atoms with E-state index in [-0.39, 0.29) is 0 Å². The minimum absolute atomic E-state index is 0.477. The first kappa shape index (κ1) is 16.1.